The van der Waals surface area contributed by atoms with Gasteiger partial charge >= 0.3 is 6.09 Å². The van der Waals surface area contributed by atoms with Gasteiger partial charge in [-0.2, -0.15) is 0 Å². The SMILES string of the molecule is CC[C@@H](CCNC(=O)OC(C)C)ON. The van der Waals surface area contributed by atoms with E-state index in [2.05, 4.69) is 10.2 Å². The van der Waals surface area contributed by atoms with Crippen LogP contribution in [0.25, 0.3) is 0 Å². The minimum absolute atomic E-state index is 0.00523. The highest BCUT2D eigenvalue weighted by atomic mass is 16.6. The summed E-state index contributed by atoms with van der Waals surface area (Å²) in [5, 5.41) is 2.62. The van der Waals surface area contributed by atoms with Crippen LogP contribution >= 0.6 is 0 Å². The molecule has 0 aliphatic carbocycles. The van der Waals surface area contributed by atoms with Crippen molar-refractivity contribution in [2.75, 3.05) is 6.54 Å². The van der Waals surface area contributed by atoms with Crippen molar-refractivity contribution in [3.05, 3.63) is 0 Å². The van der Waals surface area contributed by atoms with Gasteiger partial charge in [0, 0.05) is 6.54 Å². The minimum Gasteiger partial charge on any atom is -0.447 e. The molecule has 0 radical (unpaired) electrons. The lowest BCUT2D eigenvalue weighted by atomic mass is 10.2. The molecule has 0 rings (SSSR count). The summed E-state index contributed by atoms with van der Waals surface area (Å²) in [6.45, 7) is 6.10. The largest absolute Gasteiger partial charge is 0.447 e. The Balaban J connectivity index is 3.48. The maximum Gasteiger partial charge on any atom is 0.407 e. The van der Waals surface area contributed by atoms with Gasteiger partial charge in [0.2, 0.25) is 0 Å². The molecule has 14 heavy (non-hydrogen) atoms. The van der Waals surface area contributed by atoms with Crippen molar-refractivity contribution in [1.29, 1.82) is 0 Å². The zero-order valence-electron chi connectivity index (χ0n) is 9.08. The third-order valence-corrected chi connectivity index (χ3v) is 1.73. The number of carbonyl (C=O) groups excluding carboxylic acids is 1. The second-order valence-electron chi connectivity index (χ2n) is 3.34. The number of hydrogen-bond acceptors (Lipinski definition) is 4. The quantitative estimate of drug-likeness (QED) is 0.637. The molecule has 0 aromatic carbocycles. The van der Waals surface area contributed by atoms with E-state index in [0.717, 1.165) is 6.42 Å². The zero-order valence-corrected chi connectivity index (χ0v) is 9.08. The van der Waals surface area contributed by atoms with Gasteiger partial charge in [-0.3, -0.25) is 0 Å². The maximum atomic E-state index is 11.0. The van der Waals surface area contributed by atoms with Gasteiger partial charge < -0.3 is 14.9 Å². The van der Waals surface area contributed by atoms with Crippen molar-refractivity contribution in [3.63, 3.8) is 0 Å². The van der Waals surface area contributed by atoms with Crippen LogP contribution in [-0.2, 0) is 9.57 Å². The lowest BCUT2D eigenvalue weighted by Crippen LogP contribution is -2.30. The molecule has 1 amide bonds. The van der Waals surface area contributed by atoms with Crippen molar-refractivity contribution in [2.45, 2.75) is 45.8 Å². The second-order valence-corrected chi connectivity index (χ2v) is 3.34. The summed E-state index contributed by atoms with van der Waals surface area (Å²) in [5.41, 5.74) is 0. The Kier molecular flexibility index (Phi) is 7.14. The highest BCUT2D eigenvalue weighted by Crippen LogP contribution is 1.99. The van der Waals surface area contributed by atoms with E-state index < -0.39 is 6.09 Å². The van der Waals surface area contributed by atoms with Crippen LogP contribution in [0.1, 0.15) is 33.6 Å². The summed E-state index contributed by atoms with van der Waals surface area (Å²) < 4.78 is 4.88. The van der Waals surface area contributed by atoms with Crippen LogP contribution in [0.5, 0.6) is 0 Å². The van der Waals surface area contributed by atoms with Crippen molar-refractivity contribution in [2.24, 2.45) is 5.90 Å². The van der Waals surface area contributed by atoms with Gasteiger partial charge in [0.1, 0.15) is 0 Å². The zero-order chi connectivity index (χ0) is 11.0. The summed E-state index contributed by atoms with van der Waals surface area (Å²) >= 11 is 0. The molecule has 0 aromatic rings. The molecule has 1 atom stereocenters. The number of nitrogens with one attached hydrogen (secondary N) is 1. The topological polar surface area (TPSA) is 73.6 Å². The Morgan fingerprint density at radius 3 is 2.57 bits per heavy atom. The normalized spacial score (nSPS) is 12.6. The predicted octanol–water partition coefficient (Wildman–Crippen LogP) is 1.18. The lowest BCUT2D eigenvalue weighted by Gasteiger charge is -2.13. The molecule has 0 heterocycles. The first kappa shape index (κ1) is 13.2. The van der Waals surface area contributed by atoms with Crippen molar-refractivity contribution in [1.82, 2.24) is 5.32 Å². The molecule has 0 bridgehead atoms. The second kappa shape index (κ2) is 7.58. The van der Waals surface area contributed by atoms with Crippen LogP contribution < -0.4 is 11.2 Å². The average Bonchev–Trinajstić information content (AvgIpc) is 2.11. The van der Waals surface area contributed by atoms with Gasteiger partial charge in [0.15, 0.2) is 0 Å². The summed E-state index contributed by atoms with van der Waals surface area (Å²) in [7, 11) is 0. The molecule has 0 aromatic heterocycles. The number of ether oxygens (including phenoxy) is 1. The monoisotopic (exact) mass is 204 g/mol. The van der Waals surface area contributed by atoms with Crippen LogP contribution in [0.4, 0.5) is 4.79 Å². The fourth-order valence-corrected chi connectivity index (χ4v) is 0.959. The Morgan fingerprint density at radius 2 is 2.14 bits per heavy atom. The number of alkyl carbamates (subject to hydrolysis) is 1. The third-order valence-electron chi connectivity index (χ3n) is 1.73. The molecule has 3 N–H and O–H groups in total. The molecular formula is C9H20N2O3. The first-order chi connectivity index (χ1) is 6.60. The highest BCUT2D eigenvalue weighted by molar-refractivity contribution is 5.67. The minimum atomic E-state index is -0.396. The van der Waals surface area contributed by atoms with E-state index in [-0.39, 0.29) is 12.2 Å². The fraction of sp³-hybridized carbons (Fsp3) is 0.889. The van der Waals surface area contributed by atoms with Crippen molar-refractivity contribution in [3.8, 4) is 0 Å². The van der Waals surface area contributed by atoms with Crippen LogP contribution in [0.15, 0.2) is 0 Å². The Hall–Kier alpha value is -0.810. The Morgan fingerprint density at radius 1 is 1.50 bits per heavy atom. The summed E-state index contributed by atoms with van der Waals surface area (Å²) in [4.78, 5) is 15.7. The van der Waals surface area contributed by atoms with Crippen molar-refractivity contribution < 1.29 is 14.4 Å². The molecule has 84 valence electrons. The first-order valence-corrected chi connectivity index (χ1v) is 4.90. The molecule has 0 aliphatic rings. The maximum absolute atomic E-state index is 11.0. The smallest absolute Gasteiger partial charge is 0.407 e. The number of rotatable bonds is 6. The van der Waals surface area contributed by atoms with E-state index in [0.29, 0.717) is 13.0 Å². The fourth-order valence-electron chi connectivity index (χ4n) is 0.959. The van der Waals surface area contributed by atoms with Gasteiger partial charge in [0.05, 0.1) is 12.2 Å². The van der Waals surface area contributed by atoms with Gasteiger partial charge in [-0.05, 0) is 26.7 Å². The number of nitrogens with two attached hydrogens (primary N) is 1. The summed E-state index contributed by atoms with van der Waals surface area (Å²) in [6, 6.07) is 0. The summed E-state index contributed by atoms with van der Waals surface area (Å²) in [5.74, 6) is 5.04. The van der Waals surface area contributed by atoms with Gasteiger partial charge in [-0.1, -0.05) is 6.92 Å². The van der Waals surface area contributed by atoms with E-state index in [9.17, 15) is 4.79 Å². The molecule has 0 fully saturated rings. The molecule has 5 heteroatoms. The van der Waals surface area contributed by atoms with Gasteiger partial charge in [-0.25, -0.2) is 10.7 Å². The predicted molar refractivity (Wildman–Crippen MR) is 53.6 cm³/mol. The summed E-state index contributed by atoms with van der Waals surface area (Å²) in [6.07, 6.45) is 1.03. The van der Waals surface area contributed by atoms with Gasteiger partial charge in [0.25, 0.3) is 0 Å². The average molecular weight is 204 g/mol. The number of amides is 1. The van der Waals surface area contributed by atoms with Crippen LogP contribution in [0.3, 0.4) is 0 Å². The van der Waals surface area contributed by atoms with Crippen LogP contribution in [0, 0.1) is 0 Å². The van der Waals surface area contributed by atoms with Gasteiger partial charge in [-0.15, -0.1) is 0 Å². The molecule has 0 saturated heterocycles. The number of hydrogen-bond donors (Lipinski definition) is 2. The first-order valence-electron chi connectivity index (χ1n) is 4.90. The van der Waals surface area contributed by atoms with E-state index in [1.165, 1.54) is 0 Å². The molecular weight excluding hydrogens is 184 g/mol. The van der Waals surface area contributed by atoms with E-state index >= 15 is 0 Å². The molecule has 0 spiro atoms. The molecule has 0 aliphatic heterocycles. The Bertz CT molecular complexity index is 158. The molecule has 0 saturated carbocycles. The molecule has 5 nitrogen and oxygen atoms in total. The van der Waals surface area contributed by atoms with Crippen molar-refractivity contribution >= 4 is 6.09 Å². The third kappa shape index (κ3) is 6.68. The lowest BCUT2D eigenvalue weighted by molar-refractivity contribution is 0.0443. The highest BCUT2D eigenvalue weighted by Gasteiger charge is 2.07. The standard InChI is InChI=1S/C9H20N2O3/c1-4-8(14-10)5-6-11-9(12)13-7(2)3/h7-8H,4-6,10H2,1-3H3,(H,11,12)/t8-/m0/s1. The van der Waals surface area contributed by atoms with Crippen LogP contribution in [-0.4, -0.2) is 24.8 Å². The van der Waals surface area contributed by atoms with E-state index in [4.69, 9.17) is 10.6 Å². The van der Waals surface area contributed by atoms with E-state index in [1.807, 2.05) is 6.92 Å². The van der Waals surface area contributed by atoms with E-state index in [1.54, 1.807) is 13.8 Å². The molecule has 0 unspecified atom stereocenters. The number of carbonyl (C=O) groups is 1. The Labute approximate surface area is 84.9 Å². The van der Waals surface area contributed by atoms with Crippen LogP contribution in [0.2, 0.25) is 0 Å².